The summed E-state index contributed by atoms with van der Waals surface area (Å²) < 4.78 is 12.9. The van der Waals surface area contributed by atoms with Crippen LogP contribution in [0.25, 0.3) is 0 Å². The molecule has 2 atom stereocenters. The van der Waals surface area contributed by atoms with Gasteiger partial charge in [-0.3, -0.25) is 9.69 Å². The molecule has 2 rings (SSSR count). The summed E-state index contributed by atoms with van der Waals surface area (Å²) in [6, 6.07) is 0. The van der Waals surface area contributed by atoms with Crippen LogP contribution in [-0.4, -0.2) is 55.1 Å². The van der Waals surface area contributed by atoms with Crippen LogP contribution in [0.4, 0.5) is 4.39 Å². The predicted molar refractivity (Wildman–Crippen MR) is 51.7 cm³/mol. The molecule has 0 aliphatic carbocycles. The molecule has 2 unspecified atom stereocenters. The number of carbonyl (C=O) groups excluding carboxylic acids is 1. The average Bonchev–Trinajstić information content (AvgIpc) is 2.62. The zero-order valence-corrected chi connectivity index (χ0v) is 8.58. The summed E-state index contributed by atoms with van der Waals surface area (Å²) >= 11 is 0. The summed E-state index contributed by atoms with van der Waals surface area (Å²) in [6.07, 6.45) is 0.658. The van der Waals surface area contributed by atoms with E-state index in [1.807, 2.05) is 7.05 Å². The van der Waals surface area contributed by atoms with E-state index in [9.17, 15) is 9.18 Å². The molecule has 1 amide bonds. The fourth-order valence-corrected chi connectivity index (χ4v) is 2.40. The monoisotopic (exact) mass is 200 g/mol. The molecule has 3 nitrogen and oxygen atoms in total. The lowest BCUT2D eigenvalue weighted by Gasteiger charge is -2.18. The minimum atomic E-state index is -0.648. The first kappa shape index (κ1) is 9.90. The molecular formula is C10H17FN2O. The van der Waals surface area contributed by atoms with Crippen LogP contribution in [0.5, 0.6) is 0 Å². The Morgan fingerprint density at radius 3 is 2.79 bits per heavy atom. The van der Waals surface area contributed by atoms with E-state index in [4.69, 9.17) is 0 Å². The molecule has 0 spiro atoms. The van der Waals surface area contributed by atoms with Crippen molar-refractivity contribution in [3.63, 3.8) is 0 Å². The molecule has 2 aliphatic heterocycles. The van der Waals surface area contributed by atoms with Gasteiger partial charge in [-0.05, 0) is 12.3 Å². The van der Waals surface area contributed by atoms with Crippen molar-refractivity contribution >= 4 is 5.91 Å². The standard InChI is InChI=1S/C10H17FN2O/c1-12-5-8(4-10(12)14)6-13-3-2-9(11)7-13/h8-9H,2-7H2,1H3. The maximum atomic E-state index is 12.9. The summed E-state index contributed by atoms with van der Waals surface area (Å²) in [5.41, 5.74) is 0. The van der Waals surface area contributed by atoms with Gasteiger partial charge in [-0.15, -0.1) is 0 Å². The molecule has 0 N–H and O–H groups in total. The molecule has 80 valence electrons. The Labute approximate surface area is 83.9 Å². The quantitative estimate of drug-likeness (QED) is 0.648. The summed E-state index contributed by atoms with van der Waals surface area (Å²) in [5, 5.41) is 0. The highest BCUT2D eigenvalue weighted by Crippen LogP contribution is 2.20. The number of halogens is 1. The number of likely N-dealkylation sites (tertiary alicyclic amines) is 2. The van der Waals surface area contributed by atoms with Crippen LogP contribution < -0.4 is 0 Å². The van der Waals surface area contributed by atoms with Crippen molar-refractivity contribution in [2.24, 2.45) is 5.92 Å². The first-order valence-electron chi connectivity index (χ1n) is 5.25. The van der Waals surface area contributed by atoms with Crippen molar-refractivity contribution in [1.29, 1.82) is 0 Å². The smallest absolute Gasteiger partial charge is 0.222 e. The zero-order chi connectivity index (χ0) is 10.1. The molecule has 4 heteroatoms. The van der Waals surface area contributed by atoms with Gasteiger partial charge in [-0.2, -0.15) is 0 Å². The number of carbonyl (C=O) groups is 1. The highest BCUT2D eigenvalue weighted by atomic mass is 19.1. The van der Waals surface area contributed by atoms with Gasteiger partial charge >= 0.3 is 0 Å². The third kappa shape index (κ3) is 2.05. The van der Waals surface area contributed by atoms with Crippen LogP contribution >= 0.6 is 0 Å². The minimum Gasteiger partial charge on any atom is -0.345 e. The molecule has 0 aromatic rings. The Bertz CT molecular complexity index is 234. The van der Waals surface area contributed by atoms with Gasteiger partial charge in [0.15, 0.2) is 0 Å². The van der Waals surface area contributed by atoms with Gasteiger partial charge in [0, 0.05) is 39.6 Å². The van der Waals surface area contributed by atoms with Crippen LogP contribution in [0.15, 0.2) is 0 Å². The molecule has 2 heterocycles. The van der Waals surface area contributed by atoms with Crippen LogP contribution in [0.3, 0.4) is 0 Å². The summed E-state index contributed by atoms with van der Waals surface area (Å²) in [7, 11) is 1.84. The second-order valence-corrected chi connectivity index (χ2v) is 4.49. The Hall–Kier alpha value is -0.640. The third-order valence-electron chi connectivity index (χ3n) is 3.15. The van der Waals surface area contributed by atoms with Crippen LogP contribution in [0.1, 0.15) is 12.8 Å². The summed E-state index contributed by atoms with van der Waals surface area (Å²) in [5.74, 6) is 0.642. The molecule has 2 fully saturated rings. The van der Waals surface area contributed by atoms with Crippen molar-refractivity contribution in [3.05, 3.63) is 0 Å². The minimum absolute atomic E-state index is 0.228. The maximum Gasteiger partial charge on any atom is 0.222 e. The highest BCUT2D eigenvalue weighted by Gasteiger charge is 2.30. The molecular weight excluding hydrogens is 183 g/mol. The Kier molecular flexibility index (Phi) is 2.72. The normalized spacial score (nSPS) is 34.4. The fraction of sp³-hybridized carbons (Fsp3) is 0.900. The van der Waals surface area contributed by atoms with Gasteiger partial charge in [0.2, 0.25) is 5.91 Å². The van der Waals surface area contributed by atoms with Gasteiger partial charge in [0.25, 0.3) is 0 Å². The van der Waals surface area contributed by atoms with Crippen LogP contribution in [-0.2, 0) is 4.79 Å². The fourth-order valence-electron chi connectivity index (χ4n) is 2.40. The number of rotatable bonds is 2. The van der Waals surface area contributed by atoms with Crippen molar-refractivity contribution in [3.8, 4) is 0 Å². The van der Waals surface area contributed by atoms with E-state index in [0.29, 0.717) is 25.3 Å². The first-order chi connectivity index (χ1) is 6.65. The second-order valence-electron chi connectivity index (χ2n) is 4.49. The second kappa shape index (κ2) is 3.85. The number of amides is 1. The Balaban J connectivity index is 1.79. The average molecular weight is 200 g/mol. The van der Waals surface area contributed by atoms with Gasteiger partial charge < -0.3 is 4.90 Å². The molecule has 0 bridgehead atoms. The molecule has 2 aliphatic rings. The van der Waals surface area contributed by atoms with Crippen molar-refractivity contribution in [1.82, 2.24) is 9.80 Å². The van der Waals surface area contributed by atoms with E-state index in [1.54, 1.807) is 4.90 Å². The van der Waals surface area contributed by atoms with Gasteiger partial charge in [-0.1, -0.05) is 0 Å². The lowest BCUT2D eigenvalue weighted by atomic mass is 10.1. The zero-order valence-electron chi connectivity index (χ0n) is 8.58. The Morgan fingerprint density at radius 1 is 1.50 bits per heavy atom. The van der Waals surface area contributed by atoms with Gasteiger partial charge in [0.05, 0.1) is 0 Å². The van der Waals surface area contributed by atoms with E-state index in [1.165, 1.54) is 0 Å². The van der Waals surface area contributed by atoms with E-state index < -0.39 is 6.17 Å². The molecule has 0 aromatic carbocycles. The topological polar surface area (TPSA) is 23.6 Å². The van der Waals surface area contributed by atoms with Crippen LogP contribution in [0.2, 0.25) is 0 Å². The van der Waals surface area contributed by atoms with Gasteiger partial charge in [-0.25, -0.2) is 4.39 Å². The number of hydrogen-bond donors (Lipinski definition) is 0. The van der Waals surface area contributed by atoms with E-state index >= 15 is 0 Å². The largest absolute Gasteiger partial charge is 0.345 e. The highest BCUT2D eigenvalue weighted by molar-refractivity contribution is 5.78. The molecule has 0 saturated carbocycles. The SMILES string of the molecule is CN1CC(CN2CCC(F)C2)CC1=O. The molecule has 0 radical (unpaired) electrons. The van der Waals surface area contributed by atoms with Crippen molar-refractivity contribution in [2.45, 2.75) is 19.0 Å². The van der Waals surface area contributed by atoms with E-state index in [0.717, 1.165) is 19.6 Å². The maximum absolute atomic E-state index is 12.9. The van der Waals surface area contributed by atoms with E-state index in [2.05, 4.69) is 4.90 Å². The van der Waals surface area contributed by atoms with Crippen LogP contribution in [0, 0.1) is 5.92 Å². The molecule has 2 saturated heterocycles. The number of nitrogens with zero attached hydrogens (tertiary/aromatic N) is 2. The van der Waals surface area contributed by atoms with Crippen molar-refractivity contribution < 1.29 is 9.18 Å². The predicted octanol–water partition coefficient (Wildman–Crippen LogP) is 0.508. The molecule has 0 aromatic heterocycles. The lowest BCUT2D eigenvalue weighted by molar-refractivity contribution is -0.126. The number of alkyl halides is 1. The first-order valence-corrected chi connectivity index (χ1v) is 5.25. The summed E-state index contributed by atoms with van der Waals surface area (Å²) in [6.45, 7) is 3.15. The van der Waals surface area contributed by atoms with Crippen molar-refractivity contribution in [2.75, 3.05) is 33.2 Å². The number of hydrogen-bond acceptors (Lipinski definition) is 2. The van der Waals surface area contributed by atoms with Gasteiger partial charge in [0.1, 0.15) is 6.17 Å². The Morgan fingerprint density at radius 2 is 2.29 bits per heavy atom. The lowest BCUT2D eigenvalue weighted by Crippen LogP contribution is -2.29. The third-order valence-corrected chi connectivity index (χ3v) is 3.15. The summed E-state index contributed by atoms with van der Waals surface area (Å²) in [4.78, 5) is 15.2. The van der Waals surface area contributed by atoms with E-state index in [-0.39, 0.29) is 5.91 Å². The molecule has 14 heavy (non-hydrogen) atoms.